The normalized spacial score (nSPS) is 21.4. The molecule has 6 rings (SSSR count). The molecule has 2 unspecified atom stereocenters. The molecule has 3 aliphatic heterocycles. The van der Waals surface area contributed by atoms with Crippen molar-refractivity contribution in [1.82, 2.24) is 20.2 Å². The zero-order valence-electron chi connectivity index (χ0n) is 22.1. The highest BCUT2D eigenvalue weighted by atomic mass is 16.7. The van der Waals surface area contributed by atoms with Gasteiger partial charge in [0, 0.05) is 26.2 Å². The number of hydrogen-bond acceptors (Lipinski definition) is 6. The zero-order valence-corrected chi connectivity index (χ0v) is 22.1. The molecule has 0 aliphatic carbocycles. The molecule has 3 aromatic rings. The summed E-state index contributed by atoms with van der Waals surface area (Å²) in [5.74, 6) is 1.33. The Balaban J connectivity index is 1.06. The Kier molecular flexibility index (Phi) is 7.37. The molecule has 0 saturated carbocycles. The van der Waals surface area contributed by atoms with Crippen molar-refractivity contribution in [2.45, 2.75) is 37.3 Å². The number of para-hydroxylation sites is 1. The number of hydrogen-bond donors (Lipinski definition) is 1. The maximum Gasteiger partial charge on any atom is 0.434 e. The molecule has 40 heavy (non-hydrogen) atoms. The lowest BCUT2D eigenvalue weighted by Crippen LogP contribution is -2.57. The van der Waals surface area contributed by atoms with E-state index in [2.05, 4.69) is 17.4 Å². The van der Waals surface area contributed by atoms with Crippen LogP contribution in [0.1, 0.15) is 29.9 Å². The number of carbonyl (C=O) groups is 3. The predicted molar refractivity (Wildman–Crippen MR) is 148 cm³/mol. The number of nitrogens with zero attached hydrogens (tertiary/aromatic N) is 3. The van der Waals surface area contributed by atoms with Crippen LogP contribution >= 0.6 is 0 Å². The maximum absolute atomic E-state index is 13.4. The number of benzene rings is 3. The van der Waals surface area contributed by atoms with E-state index >= 15 is 0 Å². The van der Waals surface area contributed by atoms with Crippen LogP contribution in [0.25, 0.3) is 0 Å². The Morgan fingerprint density at radius 3 is 2.17 bits per heavy atom. The van der Waals surface area contributed by atoms with E-state index in [4.69, 9.17) is 9.57 Å². The van der Waals surface area contributed by atoms with Gasteiger partial charge < -0.3 is 24.7 Å². The van der Waals surface area contributed by atoms with Gasteiger partial charge in [0.15, 0.2) is 0 Å². The fourth-order valence-electron chi connectivity index (χ4n) is 5.77. The summed E-state index contributed by atoms with van der Waals surface area (Å²) in [6, 6.07) is 25.9. The zero-order chi connectivity index (χ0) is 27.5. The van der Waals surface area contributed by atoms with E-state index in [1.807, 2.05) is 72.8 Å². The number of carbonyl (C=O) groups excluding carboxylic acids is 3. The molecule has 9 nitrogen and oxygen atoms in total. The maximum atomic E-state index is 13.4. The first-order valence-corrected chi connectivity index (χ1v) is 13.8. The fourth-order valence-corrected chi connectivity index (χ4v) is 5.77. The first-order valence-electron chi connectivity index (χ1n) is 13.8. The summed E-state index contributed by atoms with van der Waals surface area (Å²) in [5, 5.41) is 3.92. The Labute approximate surface area is 233 Å². The minimum atomic E-state index is -0.705. The molecular formula is C31H32N4O5. The summed E-state index contributed by atoms with van der Waals surface area (Å²) in [7, 11) is 0. The Hall–Kier alpha value is -4.37. The van der Waals surface area contributed by atoms with Gasteiger partial charge in [0.25, 0.3) is 5.91 Å². The predicted octanol–water partition coefficient (Wildman–Crippen LogP) is 4.56. The van der Waals surface area contributed by atoms with E-state index in [0.717, 1.165) is 24.2 Å². The highest BCUT2D eigenvalue weighted by molar-refractivity contribution is 6.04. The van der Waals surface area contributed by atoms with E-state index in [-0.39, 0.29) is 6.04 Å². The molecule has 4 amide bonds. The Bertz CT molecular complexity index is 1340. The fraction of sp³-hybridized carbons (Fsp3) is 0.323. The first-order chi connectivity index (χ1) is 19.6. The number of ether oxygens (including phenoxy) is 1. The number of rotatable bonds is 6. The van der Waals surface area contributed by atoms with Crippen LogP contribution in [0.15, 0.2) is 84.9 Å². The number of urea groups is 1. The molecule has 206 valence electrons. The number of piperidine rings is 1. The quantitative estimate of drug-likeness (QED) is 0.461. The molecule has 3 saturated heterocycles. The average molecular weight is 541 g/mol. The van der Waals surface area contributed by atoms with Crippen molar-refractivity contribution >= 4 is 18.0 Å². The molecule has 0 radical (unpaired) electrons. The van der Waals surface area contributed by atoms with Crippen molar-refractivity contribution in [3.05, 3.63) is 96.1 Å². The standard InChI is InChI=1S/C31H32N4O5/c36-29-28-21-32-20-25(19-22-11-13-27(14-12-22)39-26-9-5-2-6-10-26)34(28)30(37)35(29)40-31(38)33-17-15-24(16-18-33)23-7-3-1-4-8-23/h1-14,24-25,28,32H,15-21H2. The van der Waals surface area contributed by atoms with Gasteiger partial charge in [0.2, 0.25) is 0 Å². The lowest BCUT2D eigenvalue weighted by molar-refractivity contribution is -0.152. The number of fused-ring (bicyclic) bond motifs is 1. The number of amides is 4. The van der Waals surface area contributed by atoms with Gasteiger partial charge in [-0.25, -0.2) is 9.59 Å². The van der Waals surface area contributed by atoms with E-state index in [1.165, 1.54) is 5.56 Å². The van der Waals surface area contributed by atoms with Gasteiger partial charge in [-0.3, -0.25) is 4.79 Å². The van der Waals surface area contributed by atoms with Crippen molar-refractivity contribution in [1.29, 1.82) is 0 Å². The summed E-state index contributed by atoms with van der Waals surface area (Å²) < 4.78 is 5.87. The van der Waals surface area contributed by atoms with E-state index in [0.29, 0.717) is 49.3 Å². The number of piperazine rings is 1. The van der Waals surface area contributed by atoms with Crippen LogP contribution in [0, 0.1) is 0 Å². The summed E-state index contributed by atoms with van der Waals surface area (Å²) in [4.78, 5) is 48.0. The van der Waals surface area contributed by atoms with Gasteiger partial charge in [0.05, 0.1) is 6.04 Å². The van der Waals surface area contributed by atoms with Crippen LogP contribution in [-0.4, -0.2) is 71.2 Å². The van der Waals surface area contributed by atoms with E-state index in [9.17, 15) is 14.4 Å². The van der Waals surface area contributed by atoms with Crippen molar-refractivity contribution in [3.63, 3.8) is 0 Å². The molecule has 0 spiro atoms. The SMILES string of the molecule is O=C(ON1C(=O)C2CNCC(Cc3ccc(Oc4ccccc4)cc3)N2C1=O)N1CCC(c2ccccc2)CC1. The van der Waals surface area contributed by atoms with Crippen LogP contribution in [0.2, 0.25) is 0 Å². The largest absolute Gasteiger partial charge is 0.457 e. The molecule has 9 heteroatoms. The Morgan fingerprint density at radius 2 is 1.48 bits per heavy atom. The molecule has 1 N–H and O–H groups in total. The van der Waals surface area contributed by atoms with Crippen molar-refractivity contribution in [3.8, 4) is 11.5 Å². The average Bonchev–Trinajstić information content (AvgIpc) is 3.24. The lowest BCUT2D eigenvalue weighted by atomic mass is 9.90. The van der Waals surface area contributed by atoms with Gasteiger partial charge in [-0.15, -0.1) is 0 Å². The third-order valence-electron chi connectivity index (χ3n) is 7.89. The highest BCUT2D eigenvalue weighted by Gasteiger charge is 2.52. The molecule has 3 aliphatic rings. The van der Waals surface area contributed by atoms with Crippen molar-refractivity contribution < 1.29 is 24.0 Å². The number of likely N-dealkylation sites (tertiary alicyclic amines) is 1. The molecule has 2 atom stereocenters. The van der Waals surface area contributed by atoms with Crippen molar-refractivity contribution in [2.24, 2.45) is 0 Å². The van der Waals surface area contributed by atoms with Gasteiger partial charge in [-0.05, 0) is 60.6 Å². The van der Waals surface area contributed by atoms with Crippen LogP contribution in [-0.2, 0) is 16.1 Å². The van der Waals surface area contributed by atoms with Crippen LogP contribution in [0.5, 0.6) is 11.5 Å². The topological polar surface area (TPSA) is 91.4 Å². The van der Waals surface area contributed by atoms with Crippen LogP contribution in [0.3, 0.4) is 0 Å². The van der Waals surface area contributed by atoms with Gasteiger partial charge in [-0.2, -0.15) is 0 Å². The summed E-state index contributed by atoms with van der Waals surface area (Å²) in [5.41, 5.74) is 2.26. The molecular weight excluding hydrogens is 508 g/mol. The lowest BCUT2D eigenvalue weighted by Gasteiger charge is -2.36. The molecule has 0 aromatic heterocycles. The number of imide groups is 1. The summed E-state index contributed by atoms with van der Waals surface area (Å²) >= 11 is 0. The van der Waals surface area contributed by atoms with Gasteiger partial charge >= 0.3 is 12.1 Å². The minimum Gasteiger partial charge on any atom is -0.457 e. The summed E-state index contributed by atoms with van der Waals surface area (Å²) in [6.45, 7) is 1.87. The smallest absolute Gasteiger partial charge is 0.434 e. The summed E-state index contributed by atoms with van der Waals surface area (Å²) in [6.07, 6.45) is 1.49. The highest BCUT2D eigenvalue weighted by Crippen LogP contribution is 2.30. The van der Waals surface area contributed by atoms with Crippen LogP contribution in [0.4, 0.5) is 9.59 Å². The van der Waals surface area contributed by atoms with Crippen LogP contribution < -0.4 is 10.1 Å². The van der Waals surface area contributed by atoms with Gasteiger partial charge in [0.1, 0.15) is 17.5 Å². The second-order valence-electron chi connectivity index (χ2n) is 10.4. The molecule has 3 fully saturated rings. The third kappa shape index (κ3) is 5.37. The molecule has 0 bridgehead atoms. The number of nitrogens with one attached hydrogen (secondary N) is 1. The van der Waals surface area contributed by atoms with E-state index < -0.39 is 24.1 Å². The van der Waals surface area contributed by atoms with Crippen molar-refractivity contribution in [2.75, 3.05) is 26.2 Å². The second-order valence-corrected chi connectivity index (χ2v) is 10.4. The Morgan fingerprint density at radius 1 is 0.825 bits per heavy atom. The molecule has 3 heterocycles. The minimum absolute atomic E-state index is 0.263. The first kappa shape index (κ1) is 25.9. The van der Waals surface area contributed by atoms with E-state index in [1.54, 1.807) is 9.80 Å². The third-order valence-corrected chi connectivity index (χ3v) is 7.89. The monoisotopic (exact) mass is 540 g/mol. The van der Waals surface area contributed by atoms with Gasteiger partial charge in [-0.1, -0.05) is 65.7 Å². The number of hydroxylamine groups is 2. The molecule has 3 aromatic carbocycles. The second kappa shape index (κ2) is 11.4.